The first-order valence-corrected chi connectivity index (χ1v) is 8.26. The van der Waals surface area contributed by atoms with Crippen LogP contribution in [0.5, 0.6) is 0 Å². The summed E-state index contributed by atoms with van der Waals surface area (Å²) in [5.74, 6) is -0.0283. The van der Waals surface area contributed by atoms with E-state index in [2.05, 4.69) is 10.3 Å². The maximum absolute atomic E-state index is 12.7. The van der Waals surface area contributed by atoms with Crippen LogP contribution in [0.4, 0.5) is 0 Å². The summed E-state index contributed by atoms with van der Waals surface area (Å²) in [7, 11) is 0. The van der Waals surface area contributed by atoms with Gasteiger partial charge in [0.1, 0.15) is 12.1 Å². The summed E-state index contributed by atoms with van der Waals surface area (Å²) in [6, 6.07) is -0.821. The zero-order valence-electron chi connectivity index (χ0n) is 13.0. The first-order valence-electron chi connectivity index (χ1n) is 7.32. The summed E-state index contributed by atoms with van der Waals surface area (Å²) in [6.45, 7) is 8.40. The van der Waals surface area contributed by atoms with Crippen molar-refractivity contribution < 1.29 is 9.59 Å². The lowest BCUT2D eigenvalue weighted by molar-refractivity contribution is -0.152. The van der Waals surface area contributed by atoms with Crippen molar-refractivity contribution in [3.05, 3.63) is 16.6 Å². The number of nitrogens with zero attached hydrogens (tertiary/aromatic N) is 2. The van der Waals surface area contributed by atoms with Crippen molar-refractivity contribution in [2.75, 3.05) is 6.54 Å². The van der Waals surface area contributed by atoms with Gasteiger partial charge in [0.2, 0.25) is 11.8 Å². The molecule has 1 aromatic rings. The molecule has 1 saturated heterocycles. The second kappa shape index (κ2) is 6.13. The molecule has 5 nitrogen and oxygen atoms in total. The van der Waals surface area contributed by atoms with Gasteiger partial charge in [0, 0.05) is 18.3 Å². The van der Waals surface area contributed by atoms with Crippen LogP contribution in [0, 0.1) is 5.41 Å². The van der Waals surface area contributed by atoms with Gasteiger partial charge in [0.15, 0.2) is 0 Å². The molecule has 116 valence electrons. The highest BCUT2D eigenvalue weighted by molar-refractivity contribution is 7.07. The van der Waals surface area contributed by atoms with Crippen LogP contribution >= 0.6 is 11.3 Å². The Hall–Kier alpha value is -1.43. The van der Waals surface area contributed by atoms with Crippen LogP contribution < -0.4 is 5.32 Å². The Kier molecular flexibility index (Phi) is 4.66. The number of carbonyl (C=O) groups is 2. The first kappa shape index (κ1) is 15.9. The van der Waals surface area contributed by atoms with E-state index < -0.39 is 6.04 Å². The molecule has 6 heteroatoms. The van der Waals surface area contributed by atoms with Crippen molar-refractivity contribution in [1.82, 2.24) is 15.2 Å². The van der Waals surface area contributed by atoms with Gasteiger partial charge >= 0.3 is 0 Å². The van der Waals surface area contributed by atoms with Gasteiger partial charge in [-0.1, -0.05) is 27.7 Å². The minimum absolute atomic E-state index is 0.0178. The van der Waals surface area contributed by atoms with Gasteiger partial charge in [-0.15, -0.1) is 11.3 Å². The highest BCUT2D eigenvalue weighted by Gasteiger charge is 2.44. The molecule has 2 atom stereocenters. The Morgan fingerprint density at radius 1 is 1.38 bits per heavy atom. The normalized spacial score (nSPS) is 23.3. The van der Waals surface area contributed by atoms with Gasteiger partial charge in [0.05, 0.1) is 11.2 Å². The number of piperazine rings is 1. The van der Waals surface area contributed by atoms with Crippen LogP contribution in [0.15, 0.2) is 10.9 Å². The fourth-order valence-electron chi connectivity index (χ4n) is 2.62. The zero-order chi connectivity index (χ0) is 15.6. The number of rotatable bonds is 4. The molecular formula is C15H23N3O2S. The van der Waals surface area contributed by atoms with Crippen molar-refractivity contribution >= 4 is 23.2 Å². The van der Waals surface area contributed by atoms with E-state index in [4.69, 9.17) is 0 Å². The first-order chi connectivity index (χ1) is 9.84. The third-order valence-electron chi connectivity index (χ3n) is 3.84. The smallest absolute Gasteiger partial charge is 0.246 e. The summed E-state index contributed by atoms with van der Waals surface area (Å²) < 4.78 is 0. The predicted octanol–water partition coefficient (Wildman–Crippen LogP) is 1.84. The molecule has 2 rings (SSSR count). The average molecular weight is 309 g/mol. The summed E-state index contributed by atoms with van der Waals surface area (Å²) in [6.07, 6.45) is 1.32. The van der Waals surface area contributed by atoms with E-state index in [0.29, 0.717) is 19.4 Å². The number of carbonyl (C=O) groups excluding carboxylic acids is 2. The van der Waals surface area contributed by atoms with Crippen molar-refractivity contribution in [1.29, 1.82) is 0 Å². The van der Waals surface area contributed by atoms with E-state index in [1.165, 1.54) is 0 Å². The van der Waals surface area contributed by atoms with Crippen molar-refractivity contribution in [3.8, 4) is 0 Å². The SMILES string of the molecule is CCC1C(=O)NC(C(C)(C)C)C(=O)N1CCc1cscn1. The second-order valence-electron chi connectivity index (χ2n) is 6.49. The molecule has 0 aliphatic carbocycles. The molecule has 0 saturated carbocycles. The number of amides is 2. The largest absolute Gasteiger partial charge is 0.342 e. The molecule has 0 radical (unpaired) electrons. The minimum Gasteiger partial charge on any atom is -0.342 e. The van der Waals surface area contributed by atoms with Crippen LogP contribution in [0.1, 0.15) is 39.8 Å². The number of thiazole rings is 1. The van der Waals surface area contributed by atoms with Gasteiger partial charge in [-0.2, -0.15) is 0 Å². The van der Waals surface area contributed by atoms with Gasteiger partial charge in [-0.25, -0.2) is 4.98 Å². The third-order valence-corrected chi connectivity index (χ3v) is 4.48. The molecule has 0 spiro atoms. The zero-order valence-corrected chi connectivity index (χ0v) is 13.9. The van der Waals surface area contributed by atoms with Crippen molar-refractivity contribution in [3.63, 3.8) is 0 Å². The van der Waals surface area contributed by atoms with E-state index in [1.54, 1.807) is 21.7 Å². The fraction of sp³-hybridized carbons (Fsp3) is 0.667. The van der Waals surface area contributed by atoms with Crippen LogP contribution in [0.3, 0.4) is 0 Å². The molecule has 2 amide bonds. The Bertz CT molecular complexity index is 507. The molecule has 21 heavy (non-hydrogen) atoms. The van der Waals surface area contributed by atoms with E-state index >= 15 is 0 Å². The Morgan fingerprint density at radius 2 is 2.10 bits per heavy atom. The lowest BCUT2D eigenvalue weighted by Gasteiger charge is -2.43. The summed E-state index contributed by atoms with van der Waals surface area (Å²) >= 11 is 1.55. The molecule has 1 N–H and O–H groups in total. The molecule has 1 aliphatic heterocycles. The minimum atomic E-state index is -0.455. The molecule has 1 fully saturated rings. The van der Waals surface area contributed by atoms with Crippen LogP contribution in [0.2, 0.25) is 0 Å². The molecule has 2 unspecified atom stereocenters. The Morgan fingerprint density at radius 3 is 2.62 bits per heavy atom. The van der Waals surface area contributed by atoms with E-state index in [-0.39, 0.29) is 23.3 Å². The molecular weight excluding hydrogens is 286 g/mol. The van der Waals surface area contributed by atoms with Gasteiger partial charge < -0.3 is 10.2 Å². The standard InChI is InChI=1S/C15H23N3O2S/c1-5-11-13(19)17-12(15(2,3)4)14(20)18(11)7-6-10-8-21-9-16-10/h8-9,11-12H,5-7H2,1-4H3,(H,17,19). The topological polar surface area (TPSA) is 62.3 Å². The van der Waals surface area contributed by atoms with Crippen LogP contribution in [-0.4, -0.2) is 40.3 Å². The van der Waals surface area contributed by atoms with Gasteiger partial charge in [-0.3, -0.25) is 9.59 Å². The van der Waals surface area contributed by atoms with Crippen LogP contribution in [0.25, 0.3) is 0 Å². The maximum atomic E-state index is 12.7. The number of hydrogen-bond acceptors (Lipinski definition) is 4. The number of aromatic nitrogens is 1. The molecule has 2 heterocycles. The molecule has 1 aliphatic rings. The Balaban J connectivity index is 2.16. The molecule has 0 aromatic carbocycles. The van der Waals surface area contributed by atoms with Crippen molar-refractivity contribution in [2.24, 2.45) is 5.41 Å². The van der Waals surface area contributed by atoms with Crippen LogP contribution in [-0.2, 0) is 16.0 Å². The Labute approximate surface area is 129 Å². The number of nitrogens with one attached hydrogen (secondary N) is 1. The van der Waals surface area contributed by atoms with Crippen molar-refractivity contribution in [2.45, 2.75) is 52.6 Å². The highest BCUT2D eigenvalue weighted by atomic mass is 32.1. The molecule has 0 bridgehead atoms. The highest BCUT2D eigenvalue weighted by Crippen LogP contribution is 2.26. The summed E-state index contributed by atoms with van der Waals surface area (Å²) in [5.41, 5.74) is 2.47. The summed E-state index contributed by atoms with van der Waals surface area (Å²) in [5, 5.41) is 4.87. The third kappa shape index (κ3) is 3.43. The lowest BCUT2D eigenvalue weighted by Crippen LogP contribution is -2.66. The van der Waals surface area contributed by atoms with Gasteiger partial charge in [0.25, 0.3) is 0 Å². The number of hydrogen-bond donors (Lipinski definition) is 1. The average Bonchev–Trinajstić information content (AvgIpc) is 2.91. The maximum Gasteiger partial charge on any atom is 0.246 e. The predicted molar refractivity (Wildman–Crippen MR) is 83.0 cm³/mol. The van der Waals surface area contributed by atoms with Gasteiger partial charge in [-0.05, 0) is 11.8 Å². The summed E-state index contributed by atoms with van der Waals surface area (Å²) in [4.78, 5) is 31.0. The monoisotopic (exact) mass is 309 g/mol. The lowest BCUT2D eigenvalue weighted by atomic mass is 9.83. The quantitative estimate of drug-likeness (QED) is 0.923. The second-order valence-corrected chi connectivity index (χ2v) is 7.21. The van der Waals surface area contributed by atoms with E-state index in [0.717, 1.165) is 5.69 Å². The van der Waals surface area contributed by atoms with E-state index in [1.807, 2.05) is 33.1 Å². The fourth-order valence-corrected chi connectivity index (χ4v) is 3.21. The van der Waals surface area contributed by atoms with E-state index in [9.17, 15) is 9.59 Å². The molecule has 1 aromatic heterocycles.